The van der Waals surface area contributed by atoms with Crippen molar-refractivity contribution in [1.82, 2.24) is 5.16 Å². The molecule has 14 heavy (non-hydrogen) atoms. The van der Waals surface area contributed by atoms with Crippen LogP contribution in [0.3, 0.4) is 0 Å². The first-order valence-electron chi connectivity index (χ1n) is 3.88. The number of benzene rings is 1. The van der Waals surface area contributed by atoms with Gasteiger partial charge in [-0.3, -0.25) is 0 Å². The first kappa shape index (κ1) is 8.90. The smallest absolute Gasteiger partial charge is 0.172 e. The van der Waals surface area contributed by atoms with Crippen LogP contribution in [0, 0.1) is 0 Å². The van der Waals surface area contributed by atoms with Crippen LogP contribution in [0.1, 0.15) is 0 Å². The highest BCUT2D eigenvalue weighted by atomic mass is 35.5. The van der Waals surface area contributed by atoms with Crippen molar-refractivity contribution in [3.8, 4) is 17.1 Å². The minimum absolute atomic E-state index is 0.0367. The Balaban J connectivity index is 2.57. The Morgan fingerprint density at radius 2 is 2.21 bits per heavy atom. The van der Waals surface area contributed by atoms with E-state index in [0.29, 0.717) is 11.3 Å². The van der Waals surface area contributed by atoms with E-state index in [1.807, 2.05) is 0 Å². The van der Waals surface area contributed by atoms with Crippen LogP contribution in [-0.2, 0) is 0 Å². The van der Waals surface area contributed by atoms with Crippen LogP contribution in [0.25, 0.3) is 11.3 Å². The molecular weight excluding hydrogens is 204 g/mol. The van der Waals surface area contributed by atoms with Crippen molar-refractivity contribution in [3.05, 3.63) is 29.3 Å². The summed E-state index contributed by atoms with van der Waals surface area (Å²) >= 11 is 5.73. The van der Waals surface area contributed by atoms with Crippen LogP contribution in [0.4, 0.5) is 5.82 Å². The third kappa shape index (κ3) is 1.40. The predicted molar refractivity (Wildman–Crippen MR) is 53.0 cm³/mol. The first-order chi connectivity index (χ1) is 6.68. The number of para-hydroxylation sites is 1. The van der Waals surface area contributed by atoms with E-state index >= 15 is 0 Å². The molecule has 72 valence electrons. The molecule has 0 unspecified atom stereocenters. The Hall–Kier alpha value is -1.68. The standard InChI is InChI=1S/C9H7ClN2O2/c10-6-3-1-2-5(9(6)13)7-4-8(11)12-14-7/h1-4,13H,(H2,11,12). The maximum absolute atomic E-state index is 9.60. The highest BCUT2D eigenvalue weighted by Crippen LogP contribution is 2.35. The van der Waals surface area contributed by atoms with Gasteiger partial charge >= 0.3 is 0 Å². The number of aromatic hydroxyl groups is 1. The van der Waals surface area contributed by atoms with E-state index in [-0.39, 0.29) is 16.6 Å². The van der Waals surface area contributed by atoms with Gasteiger partial charge in [-0.25, -0.2) is 0 Å². The largest absolute Gasteiger partial charge is 0.506 e. The molecule has 1 heterocycles. The lowest BCUT2D eigenvalue weighted by Gasteiger charge is -2.00. The second-order valence-electron chi connectivity index (χ2n) is 2.75. The number of anilines is 1. The third-order valence-electron chi connectivity index (χ3n) is 1.78. The average molecular weight is 211 g/mol. The van der Waals surface area contributed by atoms with Gasteiger partial charge in [0.05, 0.1) is 10.6 Å². The molecule has 0 saturated heterocycles. The van der Waals surface area contributed by atoms with E-state index in [0.717, 1.165) is 0 Å². The number of hydrogen-bond donors (Lipinski definition) is 2. The number of hydrogen-bond acceptors (Lipinski definition) is 4. The molecule has 0 bridgehead atoms. The van der Waals surface area contributed by atoms with Gasteiger partial charge in [0.15, 0.2) is 11.6 Å². The fraction of sp³-hybridized carbons (Fsp3) is 0. The van der Waals surface area contributed by atoms with Gasteiger partial charge < -0.3 is 15.4 Å². The highest BCUT2D eigenvalue weighted by molar-refractivity contribution is 6.32. The molecule has 0 radical (unpaired) electrons. The Labute approximate surface area is 84.9 Å². The Morgan fingerprint density at radius 3 is 2.86 bits per heavy atom. The van der Waals surface area contributed by atoms with E-state index in [2.05, 4.69) is 5.16 Å². The normalized spacial score (nSPS) is 10.4. The Bertz CT molecular complexity index is 468. The Kier molecular flexibility index (Phi) is 2.05. The van der Waals surface area contributed by atoms with Gasteiger partial charge in [0.1, 0.15) is 5.75 Å². The van der Waals surface area contributed by atoms with E-state index in [4.69, 9.17) is 21.9 Å². The second-order valence-corrected chi connectivity index (χ2v) is 3.16. The van der Waals surface area contributed by atoms with Crippen molar-refractivity contribution in [1.29, 1.82) is 0 Å². The van der Waals surface area contributed by atoms with Gasteiger partial charge in [0.25, 0.3) is 0 Å². The summed E-state index contributed by atoms with van der Waals surface area (Å²) in [5.41, 5.74) is 5.86. The van der Waals surface area contributed by atoms with Crippen molar-refractivity contribution < 1.29 is 9.63 Å². The zero-order chi connectivity index (χ0) is 10.1. The maximum atomic E-state index is 9.60. The lowest BCUT2D eigenvalue weighted by atomic mass is 10.1. The molecule has 5 heteroatoms. The molecule has 2 rings (SSSR count). The number of nitrogens with zero attached hydrogens (tertiary/aromatic N) is 1. The summed E-state index contributed by atoms with van der Waals surface area (Å²) in [7, 11) is 0. The van der Waals surface area contributed by atoms with Gasteiger partial charge in [-0.2, -0.15) is 0 Å². The number of halogens is 1. The summed E-state index contributed by atoms with van der Waals surface area (Å²) in [5.74, 6) is 0.618. The number of nitrogen functional groups attached to an aromatic ring is 1. The van der Waals surface area contributed by atoms with Crippen LogP contribution >= 0.6 is 11.6 Å². The summed E-state index contributed by atoms with van der Waals surface area (Å²) in [6.45, 7) is 0. The maximum Gasteiger partial charge on any atom is 0.172 e. The lowest BCUT2D eigenvalue weighted by Crippen LogP contribution is -1.80. The SMILES string of the molecule is Nc1cc(-c2cccc(Cl)c2O)on1. The zero-order valence-corrected chi connectivity index (χ0v) is 7.82. The fourth-order valence-electron chi connectivity index (χ4n) is 1.13. The van der Waals surface area contributed by atoms with E-state index in [9.17, 15) is 5.11 Å². The molecule has 0 atom stereocenters. The summed E-state index contributed by atoms with van der Waals surface area (Å²) in [4.78, 5) is 0. The van der Waals surface area contributed by atoms with Crippen LogP contribution in [0.5, 0.6) is 5.75 Å². The molecule has 2 aromatic rings. The first-order valence-corrected chi connectivity index (χ1v) is 4.26. The van der Waals surface area contributed by atoms with E-state index < -0.39 is 0 Å². The summed E-state index contributed by atoms with van der Waals surface area (Å²) < 4.78 is 4.89. The van der Waals surface area contributed by atoms with Crippen LogP contribution in [-0.4, -0.2) is 10.3 Å². The summed E-state index contributed by atoms with van der Waals surface area (Å²) in [6.07, 6.45) is 0. The van der Waals surface area contributed by atoms with Crippen molar-refractivity contribution >= 4 is 17.4 Å². The van der Waals surface area contributed by atoms with Gasteiger partial charge in [-0.1, -0.05) is 22.8 Å². The lowest BCUT2D eigenvalue weighted by molar-refractivity contribution is 0.429. The minimum atomic E-state index is -0.0367. The monoisotopic (exact) mass is 210 g/mol. The molecule has 0 aliphatic heterocycles. The van der Waals surface area contributed by atoms with Crippen molar-refractivity contribution in [2.75, 3.05) is 5.73 Å². The average Bonchev–Trinajstić information content (AvgIpc) is 2.57. The number of phenols is 1. The fourth-order valence-corrected chi connectivity index (χ4v) is 1.30. The van der Waals surface area contributed by atoms with Gasteiger partial charge in [-0.15, -0.1) is 0 Å². The number of rotatable bonds is 1. The van der Waals surface area contributed by atoms with Gasteiger partial charge in [-0.05, 0) is 12.1 Å². The Morgan fingerprint density at radius 1 is 1.43 bits per heavy atom. The molecule has 0 aliphatic carbocycles. The second kappa shape index (κ2) is 3.23. The summed E-state index contributed by atoms with van der Waals surface area (Å²) in [5, 5.41) is 13.4. The van der Waals surface area contributed by atoms with Gasteiger partial charge in [0, 0.05) is 6.07 Å². The minimum Gasteiger partial charge on any atom is -0.506 e. The van der Waals surface area contributed by atoms with E-state index in [1.165, 1.54) is 6.07 Å². The third-order valence-corrected chi connectivity index (χ3v) is 2.09. The van der Waals surface area contributed by atoms with E-state index in [1.54, 1.807) is 18.2 Å². The van der Waals surface area contributed by atoms with Crippen LogP contribution in [0.2, 0.25) is 5.02 Å². The molecule has 0 aliphatic rings. The molecule has 0 spiro atoms. The topological polar surface area (TPSA) is 72.3 Å². The van der Waals surface area contributed by atoms with Crippen molar-refractivity contribution in [2.24, 2.45) is 0 Å². The molecule has 0 saturated carbocycles. The van der Waals surface area contributed by atoms with Crippen molar-refractivity contribution in [2.45, 2.75) is 0 Å². The number of aromatic nitrogens is 1. The van der Waals surface area contributed by atoms with Crippen LogP contribution < -0.4 is 5.73 Å². The van der Waals surface area contributed by atoms with Crippen molar-refractivity contribution in [3.63, 3.8) is 0 Å². The number of phenolic OH excluding ortho intramolecular Hbond substituents is 1. The molecule has 3 N–H and O–H groups in total. The molecule has 1 aromatic heterocycles. The molecule has 0 fully saturated rings. The molecule has 1 aromatic carbocycles. The van der Waals surface area contributed by atoms with Crippen LogP contribution in [0.15, 0.2) is 28.8 Å². The zero-order valence-electron chi connectivity index (χ0n) is 7.07. The molecule has 0 amide bonds. The molecule has 4 nitrogen and oxygen atoms in total. The molecular formula is C9H7ClN2O2. The summed E-state index contributed by atoms with van der Waals surface area (Å²) in [6, 6.07) is 6.47. The number of nitrogens with two attached hydrogens (primary N) is 1. The highest BCUT2D eigenvalue weighted by Gasteiger charge is 2.11. The predicted octanol–water partition coefficient (Wildman–Crippen LogP) is 2.28. The van der Waals surface area contributed by atoms with Gasteiger partial charge in [0.2, 0.25) is 0 Å². The quantitative estimate of drug-likeness (QED) is 0.758.